The molecule has 2 rings (SSSR count). The number of rotatable bonds is 6. The molecule has 0 bridgehead atoms. The summed E-state index contributed by atoms with van der Waals surface area (Å²) < 4.78 is 26.1. The van der Waals surface area contributed by atoms with Crippen LogP contribution in [0.15, 0.2) is 24.3 Å². The van der Waals surface area contributed by atoms with E-state index in [4.69, 9.17) is 11.6 Å². The molecule has 0 spiro atoms. The largest absolute Gasteiger partial charge is 0.314 e. The van der Waals surface area contributed by atoms with Crippen LogP contribution in [0.4, 0.5) is 0 Å². The SMILES string of the molecule is CN(Cc1ccccc1Cl)S(=O)(=O)CCC1CCCCN1. The molecule has 0 amide bonds. The minimum absolute atomic E-state index is 0.186. The molecule has 1 aliphatic rings. The van der Waals surface area contributed by atoms with Crippen molar-refractivity contribution in [3.05, 3.63) is 34.9 Å². The van der Waals surface area contributed by atoms with Crippen molar-refractivity contribution in [2.75, 3.05) is 19.3 Å². The third kappa shape index (κ3) is 4.95. The average Bonchev–Trinajstić information content (AvgIpc) is 2.48. The molecule has 1 aromatic rings. The highest BCUT2D eigenvalue weighted by Crippen LogP contribution is 2.19. The highest BCUT2D eigenvalue weighted by molar-refractivity contribution is 7.89. The molecule has 1 N–H and O–H groups in total. The number of piperidine rings is 1. The summed E-state index contributed by atoms with van der Waals surface area (Å²) in [4.78, 5) is 0. The summed E-state index contributed by atoms with van der Waals surface area (Å²) in [6.07, 6.45) is 4.13. The number of hydrogen-bond donors (Lipinski definition) is 1. The van der Waals surface area contributed by atoms with Crippen LogP contribution < -0.4 is 5.32 Å². The standard InChI is InChI=1S/C15H23ClN2O2S/c1-18(12-13-6-2-3-8-15(13)16)21(19,20)11-9-14-7-4-5-10-17-14/h2-3,6,8,14,17H,4-5,7,9-12H2,1H3. The number of nitrogens with zero attached hydrogens (tertiary/aromatic N) is 1. The van der Waals surface area contributed by atoms with Gasteiger partial charge in [-0.15, -0.1) is 0 Å². The molecule has 21 heavy (non-hydrogen) atoms. The van der Waals surface area contributed by atoms with E-state index in [1.54, 1.807) is 13.1 Å². The topological polar surface area (TPSA) is 49.4 Å². The maximum atomic E-state index is 12.3. The summed E-state index contributed by atoms with van der Waals surface area (Å²) in [6, 6.07) is 7.69. The Morgan fingerprint density at radius 2 is 2.10 bits per heavy atom. The van der Waals surface area contributed by atoms with Crippen LogP contribution in [-0.2, 0) is 16.6 Å². The first-order valence-corrected chi connectivity index (χ1v) is 9.38. The number of halogens is 1. The third-order valence-electron chi connectivity index (χ3n) is 3.96. The molecular weight excluding hydrogens is 308 g/mol. The summed E-state index contributed by atoms with van der Waals surface area (Å²) in [5, 5.41) is 3.99. The molecule has 1 atom stereocenters. The van der Waals surface area contributed by atoms with E-state index in [1.165, 1.54) is 17.1 Å². The van der Waals surface area contributed by atoms with Gasteiger partial charge in [-0.3, -0.25) is 0 Å². The minimum Gasteiger partial charge on any atom is -0.314 e. The Kier molecular flexibility index (Phi) is 6.05. The second kappa shape index (κ2) is 7.58. The van der Waals surface area contributed by atoms with Crippen LogP contribution in [0.3, 0.4) is 0 Å². The predicted octanol–water partition coefficient (Wildman–Crippen LogP) is 2.63. The number of benzene rings is 1. The van der Waals surface area contributed by atoms with Gasteiger partial charge in [0.25, 0.3) is 0 Å². The molecule has 0 saturated carbocycles. The highest BCUT2D eigenvalue weighted by Gasteiger charge is 2.21. The van der Waals surface area contributed by atoms with E-state index in [0.717, 1.165) is 18.5 Å². The van der Waals surface area contributed by atoms with E-state index in [0.29, 0.717) is 24.0 Å². The Balaban J connectivity index is 1.90. The number of nitrogens with one attached hydrogen (secondary N) is 1. The van der Waals surface area contributed by atoms with Crippen LogP contribution in [0.2, 0.25) is 5.02 Å². The van der Waals surface area contributed by atoms with Crippen molar-refractivity contribution in [2.45, 2.75) is 38.3 Å². The van der Waals surface area contributed by atoms with E-state index >= 15 is 0 Å². The summed E-state index contributed by atoms with van der Waals surface area (Å²) >= 11 is 6.09. The van der Waals surface area contributed by atoms with Gasteiger partial charge in [0.2, 0.25) is 10.0 Å². The van der Waals surface area contributed by atoms with Crippen LogP contribution in [-0.4, -0.2) is 38.1 Å². The fourth-order valence-corrected chi connectivity index (χ4v) is 4.01. The molecule has 4 nitrogen and oxygen atoms in total. The van der Waals surface area contributed by atoms with Crippen LogP contribution in [0.1, 0.15) is 31.2 Å². The lowest BCUT2D eigenvalue weighted by atomic mass is 10.0. The molecule has 1 saturated heterocycles. The van der Waals surface area contributed by atoms with Crippen molar-refractivity contribution in [3.8, 4) is 0 Å². The third-order valence-corrected chi connectivity index (χ3v) is 6.16. The van der Waals surface area contributed by atoms with Crippen LogP contribution >= 0.6 is 11.6 Å². The van der Waals surface area contributed by atoms with Crippen molar-refractivity contribution < 1.29 is 8.42 Å². The molecule has 118 valence electrons. The lowest BCUT2D eigenvalue weighted by Crippen LogP contribution is -2.37. The van der Waals surface area contributed by atoms with Crippen molar-refractivity contribution in [1.29, 1.82) is 0 Å². The zero-order valence-corrected chi connectivity index (χ0v) is 14.0. The Labute approximate surface area is 132 Å². The second-order valence-electron chi connectivity index (χ2n) is 5.60. The number of hydrogen-bond acceptors (Lipinski definition) is 3. The van der Waals surface area contributed by atoms with Gasteiger partial charge in [0.05, 0.1) is 5.75 Å². The fourth-order valence-electron chi connectivity index (χ4n) is 2.58. The molecule has 0 radical (unpaired) electrons. The summed E-state index contributed by atoms with van der Waals surface area (Å²) in [7, 11) is -1.62. The monoisotopic (exact) mass is 330 g/mol. The molecule has 1 fully saturated rings. The lowest BCUT2D eigenvalue weighted by Gasteiger charge is -2.24. The molecule has 1 unspecified atom stereocenters. The van der Waals surface area contributed by atoms with Gasteiger partial charge in [0.15, 0.2) is 0 Å². The van der Waals surface area contributed by atoms with E-state index in [-0.39, 0.29) is 5.75 Å². The maximum absolute atomic E-state index is 12.3. The molecule has 1 aliphatic heterocycles. The van der Waals surface area contributed by atoms with Crippen LogP contribution in [0.25, 0.3) is 0 Å². The quantitative estimate of drug-likeness (QED) is 0.872. The summed E-state index contributed by atoms with van der Waals surface area (Å²) in [5.41, 5.74) is 0.834. The molecule has 0 aromatic heterocycles. The molecule has 1 aromatic carbocycles. The van der Waals surface area contributed by atoms with E-state index in [1.807, 2.05) is 18.2 Å². The zero-order valence-electron chi connectivity index (χ0n) is 12.4. The lowest BCUT2D eigenvalue weighted by molar-refractivity contribution is 0.388. The Hall–Kier alpha value is -0.620. The van der Waals surface area contributed by atoms with Crippen LogP contribution in [0, 0.1) is 0 Å². The second-order valence-corrected chi connectivity index (χ2v) is 8.20. The van der Waals surface area contributed by atoms with Crippen molar-refractivity contribution in [2.24, 2.45) is 0 Å². The molecule has 1 heterocycles. The maximum Gasteiger partial charge on any atom is 0.214 e. The van der Waals surface area contributed by atoms with Gasteiger partial charge in [-0.05, 0) is 37.4 Å². The Bertz CT molecular complexity index is 557. The Morgan fingerprint density at radius 1 is 1.33 bits per heavy atom. The van der Waals surface area contributed by atoms with Gasteiger partial charge in [0.1, 0.15) is 0 Å². The van der Waals surface area contributed by atoms with Crippen LogP contribution in [0.5, 0.6) is 0 Å². The molecule has 0 aliphatic carbocycles. The predicted molar refractivity (Wildman–Crippen MR) is 87.0 cm³/mol. The van der Waals surface area contributed by atoms with E-state index in [9.17, 15) is 8.42 Å². The van der Waals surface area contributed by atoms with Gasteiger partial charge < -0.3 is 5.32 Å². The number of sulfonamides is 1. The summed E-state index contributed by atoms with van der Waals surface area (Å²) in [5.74, 6) is 0.186. The van der Waals surface area contributed by atoms with Crippen molar-refractivity contribution in [1.82, 2.24) is 9.62 Å². The van der Waals surface area contributed by atoms with Crippen molar-refractivity contribution >= 4 is 21.6 Å². The molecule has 6 heteroatoms. The first kappa shape index (κ1) is 16.7. The summed E-state index contributed by atoms with van der Waals surface area (Å²) in [6.45, 7) is 1.32. The van der Waals surface area contributed by atoms with Gasteiger partial charge in [0, 0.05) is 24.7 Å². The van der Waals surface area contributed by atoms with E-state index < -0.39 is 10.0 Å². The van der Waals surface area contributed by atoms with Gasteiger partial charge in [-0.1, -0.05) is 36.2 Å². The van der Waals surface area contributed by atoms with Gasteiger partial charge >= 0.3 is 0 Å². The van der Waals surface area contributed by atoms with E-state index in [2.05, 4.69) is 5.32 Å². The fraction of sp³-hybridized carbons (Fsp3) is 0.600. The molecular formula is C15H23ClN2O2S. The van der Waals surface area contributed by atoms with Gasteiger partial charge in [-0.2, -0.15) is 0 Å². The smallest absolute Gasteiger partial charge is 0.214 e. The zero-order chi connectivity index (χ0) is 15.3. The first-order valence-electron chi connectivity index (χ1n) is 7.40. The van der Waals surface area contributed by atoms with Crippen molar-refractivity contribution in [3.63, 3.8) is 0 Å². The highest BCUT2D eigenvalue weighted by atomic mass is 35.5. The minimum atomic E-state index is -3.24. The first-order chi connectivity index (χ1) is 9.99. The normalized spacial score (nSPS) is 19.9. The van der Waals surface area contributed by atoms with Gasteiger partial charge in [-0.25, -0.2) is 12.7 Å². The average molecular weight is 331 g/mol. The Morgan fingerprint density at radius 3 is 2.76 bits per heavy atom.